The van der Waals surface area contributed by atoms with Crippen LogP contribution < -0.4 is 0 Å². The molecule has 0 aromatic rings. The topological polar surface area (TPSA) is 53.0 Å². The lowest BCUT2D eigenvalue weighted by atomic mass is 9.96. The van der Waals surface area contributed by atoms with Crippen LogP contribution in [0.4, 0.5) is 0 Å². The van der Waals surface area contributed by atoms with E-state index >= 15 is 0 Å². The van der Waals surface area contributed by atoms with E-state index in [2.05, 4.69) is 23.8 Å². The predicted octanol–water partition coefficient (Wildman–Crippen LogP) is 0.502. The Kier molecular flexibility index (Phi) is 4.59. The minimum atomic E-state index is -0.719. The number of ether oxygens (including phenoxy) is 1. The summed E-state index contributed by atoms with van der Waals surface area (Å²) in [6.07, 6.45) is 2.26. The molecule has 0 aromatic carbocycles. The molecule has 0 spiro atoms. The van der Waals surface area contributed by atoms with Gasteiger partial charge in [-0.15, -0.1) is 0 Å². The van der Waals surface area contributed by atoms with Crippen molar-refractivity contribution in [3.05, 3.63) is 0 Å². The maximum Gasteiger partial charge on any atom is 0.310 e. The normalized spacial score (nSPS) is 31.1. The molecule has 0 aliphatic carbocycles. The highest BCUT2D eigenvalue weighted by Gasteiger charge is 2.40. The lowest BCUT2D eigenvalue weighted by Gasteiger charge is -2.40. The molecule has 0 radical (unpaired) electrons. The Morgan fingerprint density at radius 1 is 1.39 bits per heavy atom. The van der Waals surface area contributed by atoms with Gasteiger partial charge in [0, 0.05) is 12.1 Å². The van der Waals surface area contributed by atoms with Gasteiger partial charge in [-0.05, 0) is 39.5 Å². The van der Waals surface area contributed by atoms with Crippen molar-refractivity contribution in [1.29, 1.82) is 0 Å². The number of piperidine rings is 1. The first-order valence-electron chi connectivity index (χ1n) is 6.88. The Morgan fingerprint density at radius 3 is 2.61 bits per heavy atom. The molecule has 2 heterocycles. The van der Waals surface area contributed by atoms with E-state index in [1.54, 1.807) is 0 Å². The summed E-state index contributed by atoms with van der Waals surface area (Å²) in [5.41, 5.74) is 0. The molecule has 2 saturated heterocycles. The van der Waals surface area contributed by atoms with Crippen molar-refractivity contribution < 1.29 is 14.6 Å². The zero-order valence-corrected chi connectivity index (χ0v) is 11.3. The Hall–Kier alpha value is -0.650. The van der Waals surface area contributed by atoms with Crippen LogP contribution >= 0.6 is 0 Å². The van der Waals surface area contributed by atoms with E-state index in [1.165, 1.54) is 0 Å². The molecule has 0 aromatic heterocycles. The van der Waals surface area contributed by atoms with Crippen LogP contribution in [0.25, 0.3) is 0 Å². The van der Waals surface area contributed by atoms with Crippen LogP contribution in [0.15, 0.2) is 0 Å². The number of hydrogen-bond donors (Lipinski definition) is 1. The molecule has 0 amide bonds. The van der Waals surface area contributed by atoms with Gasteiger partial charge in [0.05, 0.1) is 19.1 Å². The Labute approximate surface area is 109 Å². The molecular formula is C13H24N2O3. The van der Waals surface area contributed by atoms with Crippen molar-refractivity contribution >= 4 is 5.97 Å². The van der Waals surface area contributed by atoms with Gasteiger partial charge in [0.1, 0.15) is 0 Å². The quantitative estimate of drug-likeness (QED) is 0.794. The molecule has 104 valence electrons. The summed E-state index contributed by atoms with van der Waals surface area (Å²) in [6.45, 7) is 6.17. The minimum absolute atomic E-state index is 0.0564. The van der Waals surface area contributed by atoms with Gasteiger partial charge in [-0.1, -0.05) is 6.92 Å². The Morgan fingerprint density at radius 2 is 2.06 bits per heavy atom. The van der Waals surface area contributed by atoms with Crippen LogP contribution in [-0.4, -0.2) is 72.9 Å². The van der Waals surface area contributed by atoms with Crippen molar-refractivity contribution in [1.82, 2.24) is 9.80 Å². The number of carboxylic acids is 1. The van der Waals surface area contributed by atoms with Crippen molar-refractivity contribution in [2.75, 3.05) is 39.9 Å². The van der Waals surface area contributed by atoms with Crippen LogP contribution in [0.1, 0.15) is 19.8 Å². The highest BCUT2D eigenvalue weighted by molar-refractivity contribution is 5.71. The summed E-state index contributed by atoms with van der Waals surface area (Å²) in [6, 6.07) is 0.570. The lowest BCUT2D eigenvalue weighted by molar-refractivity contribution is -0.143. The minimum Gasteiger partial charge on any atom is -0.481 e. The van der Waals surface area contributed by atoms with E-state index in [9.17, 15) is 9.90 Å². The summed E-state index contributed by atoms with van der Waals surface area (Å²) in [7, 11) is 2.14. The molecule has 2 atom stereocenters. The smallest absolute Gasteiger partial charge is 0.310 e. The molecule has 2 aliphatic rings. The van der Waals surface area contributed by atoms with Crippen molar-refractivity contribution in [3.63, 3.8) is 0 Å². The summed E-state index contributed by atoms with van der Waals surface area (Å²) in [5, 5.41) is 9.25. The maximum absolute atomic E-state index is 11.3. The maximum atomic E-state index is 11.3. The van der Waals surface area contributed by atoms with Gasteiger partial charge in [0.25, 0.3) is 0 Å². The predicted molar refractivity (Wildman–Crippen MR) is 68.6 cm³/mol. The van der Waals surface area contributed by atoms with Gasteiger partial charge in [-0.25, -0.2) is 0 Å². The lowest BCUT2D eigenvalue weighted by Crippen LogP contribution is -2.51. The monoisotopic (exact) mass is 256 g/mol. The largest absolute Gasteiger partial charge is 0.481 e. The highest BCUT2D eigenvalue weighted by atomic mass is 16.5. The molecule has 0 bridgehead atoms. The van der Waals surface area contributed by atoms with Gasteiger partial charge in [-0.3, -0.25) is 9.69 Å². The van der Waals surface area contributed by atoms with Crippen molar-refractivity contribution in [3.8, 4) is 0 Å². The summed E-state index contributed by atoms with van der Waals surface area (Å²) < 4.78 is 5.39. The summed E-state index contributed by atoms with van der Waals surface area (Å²) >= 11 is 0. The van der Waals surface area contributed by atoms with Gasteiger partial charge in [-0.2, -0.15) is 0 Å². The molecule has 2 unspecified atom stereocenters. The molecule has 1 N–H and O–H groups in total. The molecule has 5 nitrogen and oxygen atoms in total. The second-order valence-electron chi connectivity index (χ2n) is 5.41. The number of nitrogens with zero attached hydrogens (tertiary/aromatic N) is 2. The van der Waals surface area contributed by atoms with Crippen LogP contribution in [0.2, 0.25) is 0 Å². The number of likely N-dealkylation sites (tertiary alicyclic amines) is 1. The fraction of sp³-hybridized carbons (Fsp3) is 0.923. The number of carboxylic acid groups (broad SMARTS) is 1. The first-order chi connectivity index (χ1) is 8.63. The third kappa shape index (κ3) is 2.84. The van der Waals surface area contributed by atoms with E-state index in [0.717, 1.165) is 32.5 Å². The molecule has 2 rings (SSSR count). The first kappa shape index (κ1) is 13.8. The number of rotatable bonds is 4. The summed E-state index contributed by atoms with van der Waals surface area (Å²) in [5.74, 6) is -1.08. The van der Waals surface area contributed by atoms with Gasteiger partial charge in [0.2, 0.25) is 0 Å². The van der Waals surface area contributed by atoms with E-state index < -0.39 is 5.97 Å². The van der Waals surface area contributed by atoms with Gasteiger partial charge in [0.15, 0.2) is 0 Å². The molecule has 5 heteroatoms. The zero-order valence-electron chi connectivity index (χ0n) is 11.3. The van der Waals surface area contributed by atoms with Crippen LogP contribution in [0.3, 0.4) is 0 Å². The number of carbonyl (C=O) groups is 1. The Bertz CT molecular complexity index is 290. The standard InChI is InChI=1S/C13H24N2O3/c1-3-15(10-4-6-14(2)7-5-10)12-9-18-8-11(12)13(16)17/h10-12H,3-9H2,1-2H3,(H,16,17). The van der Waals surface area contributed by atoms with Crippen molar-refractivity contribution in [2.45, 2.75) is 31.8 Å². The van der Waals surface area contributed by atoms with Gasteiger partial charge < -0.3 is 14.7 Å². The van der Waals surface area contributed by atoms with Crippen molar-refractivity contribution in [2.24, 2.45) is 5.92 Å². The first-order valence-corrected chi connectivity index (χ1v) is 6.88. The highest BCUT2D eigenvalue weighted by Crippen LogP contribution is 2.25. The van der Waals surface area contributed by atoms with Gasteiger partial charge >= 0.3 is 5.97 Å². The van der Waals surface area contributed by atoms with Crippen LogP contribution in [-0.2, 0) is 9.53 Å². The number of likely N-dealkylation sites (N-methyl/N-ethyl adjacent to an activating group) is 1. The van der Waals surface area contributed by atoms with E-state index in [4.69, 9.17) is 4.74 Å². The fourth-order valence-electron chi connectivity index (χ4n) is 3.20. The molecule has 2 fully saturated rings. The molecule has 2 aliphatic heterocycles. The number of hydrogen-bond acceptors (Lipinski definition) is 4. The SMILES string of the molecule is CCN(C1CCN(C)CC1)C1COCC1C(=O)O. The third-order valence-corrected chi connectivity index (χ3v) is 4.32. The second-order valence-corrected chi connectivity index (χ2v) is 5.41. The number of aliphatic carboxylic acids is 1. The van der Waals surface area contributed by atoms with E-state index in [1.807, 2.05) is 0 Å². The van der Waals surface area contributed by atoms with E-state index in [0.29, 0.717) is 19.3 Å². The average molecular weight is 256 g/mol. The van der Waals surface area contributed by atoms with Crippen LogP contribution in [0, 0.1) is 5.92 Å². The second kappa shape index (κ2) is 5.99. The third-order valence-electron chi connectivity index (χ3n) is 4.32. The fourth-order valence-corrected chi connectivity index (χ4v) is 3.20. The Balaban J connectivity index is 2.01. The zero-order chi connectivity index (χ0) is 13.1. The molecule has 0 saturated carbocycles. The average Bonchev–Trinajstić information content (AvgIpc) is 2.82. The summed E-state index contributed by atoms with van der Waals surface area (Å²) in [4.78, 5) is 15.9. The molecular weight excluding hydrogens is 232 g/mol. The van der Waals surface area contributed by atoms with Crippen LogP contribution in [0.5, 0.6) is 0 Å². The van der Waals surface area contributed by atoms with E-state index in [-0.39, 0.29) is 12.0 Å². The molecule has 18 heavy (non-hydrogen) atoms.